The summed E-state index contributed by atoms with van der Waals surface area (Å²) < 4.78 is 6.73. The van der Waals surface area contributed by atoms with Crippen LogP contribution in [0.5, 0.6) is 0 Å². The third-order valence-corrected chi connectivity index (χ3v) is 6.43. The van der Waals surface area contributed by atoms with Gasteiger partial charge in [-0.2, -0.15) is 11.4 Å². The summed E-state index contributed by atoms with van der Waals surface area (Å²) in [4.78, 5) is 22.6. The molecular weight excluding hydrogens is 489 g/mol. The van der Waals surface area contributed by atoms with Gasteiger partial charge in [-0.1, -0.05) is 45.4 Å². The molecule has 0 bridgehead atoms. The molecule has 1 aromatic carbocycles. The Morgan fingerprint density at radius 1 is 1.03 bits per heavy atom. The number of aryl methyl sites for hydroxylation is 3. The third-order valence-electron chi connectivity index (χ3n) is 6.43. The molecular formula is C28H30N7NaO2. The first-order valence-corrected chi connectivity index (χ1v) is 12.5. The Hall–Kier alpha value is -3.14. The van der Waals surface area contributed by atoms with Crippen molar-refractivity contribution >= 4 is 17.5 Å². The SMILES string of the molecule is CC(C)(C)c1nnc([C-]=O)o1.Cn1cc(-c2nc3nccc(-c4ccc5c(c4)CCCCC5)c3[nH]2)cn1.[Na+]. The Morgan fingerprint density at radius 3 is 2.47 bits per heavy atom. The molecule has 9 nitrogen and oxygen atoms in total. The van der Waals surface area contributed by atoms with Crippen LogP contribution in [0.2, 0.25) is 0 Å². The molecule has 10 heteroatoms. The van der Waals surface area contributed by atoms with Gasteiger partial charge in [0, 0.05) is 30.4 Å². The number of H-pyrrole nitrogens is 1. The molecule has 190 valence electrons. The zero-order valence-electron chi connectivity index (χ0n) is 22.6. The van der Waals surface area contributed by atoms with E-state index in [1.165, 1.54) is 55.1 Å². The molecule has 1 aliphatic carbocycles. The quantitative estimate of drug-likeness (QED) is 0.221. The van der Waals surface area contributed by atoms with Crippen LogP contribution in [-0.2, 0) is 30.1 Å². The van der Waals surface area contributed by atoms with E-state index >= 15 is 0 Å². The molecule has 0 unspecified atom stereocenters. The molecule has 0 saturated carbocycles. The second-order valence-corrected chi connectivity index (χ2v) is 10.4. The Morgan fingerprint density at radius 2 is 1.82 bits per heavy atom. The standard InChI is InChI=1S/C21H21N5.C7H9N2O2.Na/c1-26-13-17(12-23-26)20-24-19-18(9-10-22-21(19)25-20)16-8-7-14-5-3-2-4-6-15(14)11-16;1-7(2,3)6-9-8-5(4-10)11-6;/h7-13H,2-6H2,1H3,(H,22,24,25);1-3H3;/q;-1;+1. The zero-order chi connectivity index (χ0) is 26.0. The normalized spacial score (nSPS) is 13.2. The minimum Gasteiger partial charge on any atom is -0.532 e. The topological polar surface area (TPSA) is 115 Å². The number of nitrogens with zero attached hydrogens (tertiary/aromatic N) is 6. The predicted octanol–water partition coefficient (Wildman–Crippen LogP) is 2.12. The summed E-state index contributed by atoms with van der Waals surface area (Å²) in [5.74, 6) is 1.17. The molecule has 0 aliphatic heterocycles. The first kappa shape index (κ1) is 27.9. The molecule has 4 aromatic heterocycles. The molecule has 0 saturated heterocycles. The van der Waals surface area contributed by atoms with Crippen LogP contribution in [0.15, 0.2) is 47.3 Å². The van der Waals surface area contributed by atoms with Gasteiger partial charge in [0.2, 0.25) is 5.89 Å². The van der Waals surface area contributed by atoms with Gasteiger partial charge in [0.25, 0.3) is 0 Å². The van der Waals surface area contributed by atoms with Crippen LogP contribution >= 0.6 is 0 Å². The van der Waals surface area contributed by atoms with Crippen molar-refractivity contribution < 1.29 is 38.8 Å². The van der Waals surface area contributed by atoms with E-state index in [9.17, 15) is 4.79 Å². The number of rotatable bonds is 3. The van der Waals surface area contributed by atoms with E-state index in [4.69, 9.17) is 4.42 Å². The molecule has 0 spiro atoms. The molecule has 6 rings (SSSR count). The van der Waals surface area contributed by atoms with Crippen molar-refractivity contribution in [3.8, 4) is 22.5 Å². The van der Waals surface area contributed by atoms with Crippen molar-refractivity contribution in [1.29, 1.82) is 0 Å². The molecule has 0 radical (unpaired) electrons. The van der Waals surface area contributed by atoms with Gasteiger partial charge in [0.05, 0.1) is 17.3 Å². The molecule has 1 aliphatic rings. The van der Waals surface area contributed by atoms with Crippen LogP contribution < -0.4 is 29.6 Å². The zero-order valence-corrected chi connectivity index (χ0v) is 24.6. The van der Waals surface area contributed by atoms with E-state index in [1.807, 2.05) is 46.4 Å². The van der Waals surface area contributed by atoms with Crippen molar-refractivity contribution in [1.82, 2.24) is 34.9 Å². The minimum atomic E-state index is -0.206. The summed E-state index contributed by atoms with van der Waals surface area (Å²) in [7, 11) is 1.91. The van der Waals surface area contributed by atoms with Crippen LogP contribution in [-0.4, -0.2) is 41.2 Å². The van der Waals surface area contributed by atoms with Crippen molar-refractivity contribution in [2.45, 2.75) is 58.3 Å². The van der Waals surface area contributed by atoms with Gasteiger partial charge in [-0.3, -0.25) is 4.68 Å². The van der Waals surface area contributed by atoms with Crippen LogP contribution in [0.25, 0.3) is 33.7 Å². The molecule has 0 fully saturated rings. The van der Waals surface area contributed by atoms with Crippen LogP contribution in [0, 0.1) is 0 Å². The number of hydrogen-bond donors (Lipinski definition) is 1. The van der Waals surface area contributed by atoms with E-state index in [0.29, 0.717) is 5.89 Å². The average Bonchev–Trinajstić information content (AvgIpc) is 3.60. The van der Waals surface area contributed by atoms with Crippen molar-refractivity contribution in [3.05, 3.63) is 65.8 Å². The van der Waals surface area contributed by atoms with E-state index in [2.05, 4.69) is 54.5 Å². The second-order valence-electron chi connectivity index (χ2n) is 10.4. The summed E-state index contributed by atoms with van der Waals surface area (Å²) in [6, 6.07) is 8.98. The fraction of sp³-hybridized carbons (Fsp3) is 0.357. The number of nitrogens with one attached hydrogen (secondary N) is 1. The number of fused-ring (bicyclic) bond motifs is 2. The Balaban J connectivity index is 0.000000238. The Labute approximate surface area is 243 Å². The van der Waals surface area contributed by atoms with Crippen molar-refractivity contribution in [2.24, 2.45) is 7.05 Å². The third kappa shape index (κ3) is 6.11. The average molecular weight is 520 g/mol. The van der Waals surface area contributed by atoms with Crippen molar-refractivity contribution in [3.63, 3.8) is 0 Å². The summed E-state index contributed by atoms with van der Waals surface area (Å²) >= 11 is 0. The number of benzene rings is 1. The maximum Gasteiger partial charge on any atom is 1.00 e. The smallest absolute Gasteiger partial charge is 0.532 e. The van der Waals surface area contributed by atoms with E-state index < -0.39 is 0 Å². The Kier molecular flexibility index (Phi) is 8.60. The maximum atomic E-state index is 10.0. The molecule has 38 heavy (non-hydrogen) atoms. The molecule has 5 aromatic rings. The summed E-state index contributed by atoms with van der Waals surface area (Å²) in [6.07, 6.45) is 13.5. The number of carbonyl (C=O) groups excluding carboxylic acids is 1. The Bertz CT molecular complexity index is 1540. The van der Waals surface area contributed by atoms with Crippen LogP contribution in [0.3, 0.4) is 0 Å². The fourth-order valence-corrected chi connectivity index (χ4v) is 4.48. The van der Waals surface area contributed by atoms with Crippen molar-refractivity contribution in [2.75, 3.05) is 0 Å². The van der Waals surface area contributed by atoms with Gasteiger partial charge in [-0.15, -0.1) is 10.2 Å². The van der Waals surface area contributed by atoms with Gasteiger partial charge in [0.15, 0.2) is 5.65 Å². The van der Waals surface area contributed by atoms with Crippen LogP contribution in [0.4, 0.5) is 0 Å². The van der Waals surface area contributed by atoms with Crippen LogP contribution in [0.1, 0.15) is 62.9 Å². The monoisotopic (exact) mass is 519 g/mol. The number of pyridine rings is 1. The second kappa shape index (κ2) is 11.7. The summed E-state index contributed by atoms with van der Waals surface area (Å²) in [6.45, 7) is 5.78. The number of hydrogen-bond acceptors (Lipinski definition) is 7. The first-order chi connectivity index (χ1) is 17.8. The minimum absolute atomic E-state index is 0. The molecule has 1 N–H and O–H groups in total. The first-order valence-electron chi connectivity index (χ1n) is 12.5. The number of imidazole rings is 1. The number of aromatic nitrogens is 7. The predicted molar refractivity (Wildman–Crippen MR) is 141 cm³/mol. The largest absolute Gasteiger partial charge is 1.00 e. The molecule has 4 heterocycles. The molecule has 0 atom stereocenters. The van der Waals surface area contributed by atoms with E-state index in [-0.39, 0.29) is 40.9 Å². The fourth-order valence-electron chi connectivity index (χ4n) is 4.48. The maximum absolute atomic E-state index is 10.0. The van der Waals surface area contributed by atoms with Gasteiger partial charge in [-0.25, -0.2) is 9.97 Å². The van der Waals surface area contributed by atoms with E-state index in [1.54, 1.807) is 4.68 Å². The van der Waals surface area contributed by atoms with Gasteiger partial charge in [0.1, 0.15) is 11.7 Å². The number of aromatic amines is 1. The summed E-state index contributed by atoms with van der Waals surface area (Å²) in [5.41, 5.74) is 7.90. The summed E-state index contributed by atoms with van der Waals surface area (Å²) in [5, 5.41) is 11.4. The van der Waals surface area contributed by atoms with Gasteiger partial charge in [-0.05, 0) is 48.4 Å². The molecule has 0 amide bonds. The van der Waals surface area contributed by atoms with E-state index in [0.717, 1.165) is 28.1 Å². The van der Waals surface area contributed by atoms with Gasteiger partial charge < -0.3 is 14.2 Å². The van der Waals surface area contributed by atoms with Gasteiger partial charge >= 0.3 is 29.6 Å².